The first-order valence-electron chi connectivity index (χ1n) is 10.2. The molecule has 1 atom stereocenters. The van der Waals surface area contributed by atoms with E-state index in [-0.39, 0.29) is 11.8 Å². The van der Waals surface area contributed by atoms with Gasteiger partial charge in [0, 0.05) is 24.6 Å². The summed E-state index contributed by atoms with van der Waals surface area (Å²) in [6.07, 6.45) is 0.454. The molecule has 2 aromatic rings. The molecule has 3 N–H and O–H groups in total. The number of hydrogen-bond donors (Lipinski definition) is 3. The molecule has 29 heavy (non-hydrogen) atoms. The molecule has 0 aromatic heterocycles. The van der Waals surface area contributed by atoms with Crippen LogP contribution >= 0.6 is 0 Å². The Kier molecular flexibility index (Phi) is 7.11. The van der Waals surface area contributed by atoms with Crippen LogP contribution in [0.2, 0.25) is 0 Å². The zero-order chi connectivity index (χ0) is 20.6. The lowest BCUT2D eigenvalue weighted by Crippen LogP contribution is -2.39. The van der Waals surface area contributed by atoms with E-state index in [0.717, 1.165) is 29.5 Å². The molecule has 0 aliphatic carbocycles. The Morgan fingerprint density at radius 1 is 1.17 bits per heavy atom. The number of aliphatic imine (C=N–C) groups is 1. The molecule has 0 saturated heterocycles. The Morgan fingerprint density at radius 2 is 1.93 bits per heavy atom. The van der Waals surface area contributed by atoms with E-state index in [1.807, 2.05) is 37.3 Å². The van der Waals surface area contributed by atoms with E-state index in [0.29, 0.717) is 26.1 Å². The number of benzene rings is 2. The second-order valence-electron chi connectivity index (χ2n) is 7.35. The van der Waals surface area contributed by atoms with Crippen molar-refractivity contribution < 1.29 is 9.53 Å². The van der Waals surface area contributed by atoms with Crippen LogP contribution in [0.5, 0.6) is 5.75 Å². The largest absolute Gasteiger partial charge is 0.492 e. The van der Waals surface area contributed by atoms with Crippen LogP contribution in [-0.4, -0.2) is 38.1 Å². The number of ether oxygens (including phenoxy) is 1. The molecule has 1 aliphatic rings. The molecule has 154 valence electrons. The average molecular weight is 395 g/mol. The summed E-state index contributed by atoms with van der Waals surface area (Å²) in [4.78, 5) is 16.7. The highest BCUT2D eigenvalue weighted by Crippen LogP contribution is 2.31. The van der Waals surface area contributed by atoms with Gasteiger partial charge in [0.05, 0.1) is 13.1 Å². The van der Waals surface area contributed by atoms with Crippen molar-refractivity contribution in [2.75, 3.05) is 31.6 Å². The summed E-state index contributed by atoms with van der Waals surface area (Å²) >= 11 is 0. The molecular weight excluding hydrogens is 364 g/mol. The maximum absolute atomic E-state index is 12.0. The van der Waals surface area contributed by atoms with E-state index < -0.39 is 0 Å². The molecule has 0 bridgehead atoms. The van der Waals surface area contributed by atoms with Gasteiger partial charge in [0.15, 0.2) is 5.96 Å². The first-order valence-corrected chi connectivity index (χ1v) is 10.2. The van der Waals surface area contributed by atoms with Crippen LogP contribution in [0.25, 0.3) is 0 Å². The number of anilines is 1. The van der Waals surface area contributed by atoms with Gasteiger partial charge in [-0.15, -0.1) is 0 Å². The summed E-state index contributed by atoms with van der Waals surface area (Å²) in [5.74, 6) is 1.75. The van der Waals surface area contributed by atoms with Crippen molar-refractivity contribution in [2.45, 2.75) is 33.1 Å². The number of carbonyl (C=O) groups excluding carboxylic acids is 1. The summed E-state index contributed by atoms with van der Waals surface area (Å²) in [6, 6.07) is 14.2. The average Bonchev–Trinajstić information content (AvgIpc) is 2.68. The van der Waals surface area contributed by atoms with Gasteiger partial charge in [0.25, 0.3) is 0 Å². The first kappa shape index (κ1) is 20.7. The number of carbonyl (C=O) groups is 1. The summed E-state index contributed by atoms with van der Waals surface area (Å²) in [6.45, 7) is 8.67. The van der Waals surface area contributed by atoms with Crippen molar-refractivity contribution in [3.63, 3.8) is 0 Å². The number of guanidine groups is 1. The van der Waals surface area contributed by atoms with E-state index in [9.17, 15) is 4.79 Å². The Labute approximate surface area is 172 Å². The topological polar surface area (TPSA) is 74.8 Å². The zero-order valence-corrected chi connectivity index (χ0v) is 17.4. The Balaban J connectivity index is 1.55. The van der Waals surface area contributed by atoms with Crippen LogP contribution in [0, 0.1) is 13.8 Å². The molecule has 2 aromatic carbocycles. The lowest BCUT2D eigenvalue weighted by molar-refractivity contribution is -0.116. The first-order chi connectivity index (χ1) is 14.0. The van der Waals surface area contributed by atoms with E-state index in [4.69, 9.17) is 9.73 Å². The number of para-hydroxylation sites is 1. The standard InChI is InChI=1S/C23H30N4O2/c1-4-24-23(25-9-10-29-19-12-16(2)11-17(3)13-19)26-15-18-14-22(28)27-21-8-6-5-7-20(18)21/h5-8,11-13,18H,4,9-10,14-15H2,1-3H3,(H,27,28)(H2,24,25,26). The van der Waals surface area contributed by atoms with Gasteiger partial charge >= 0.3 is 0 Å². The predicted molar refractivity (Wildman–Crippen MR) is 118 cm³/mol. The summed E-state index contributed by atoms with van der Waals surface area (Å²) < 4.78 is 5.85. The van der Waals surface area contributed by atoms with Gasteiger partial charge in [-0.1, -0.05) is 24.3 Å². The smallest absolute Gasteiger partial charge is 0.225 e. The molecule has 0 fully saturated rings. The van der Waals surface area contributed by atoms with Crippen LogP contribution in [0.1, 0.15) is 36.0 Å². The normalized spacial score (nSPS) is 16.0. The highest BCUT2D eigenvalue weighted by Gasteiger charge is 2.24. The van der Waals surface area contributed by atoms with Gasteiger partial charge in [0.1, 0.15) is 12.4 Å². The lowest BCUT2D eigenvalue weighted by atomic mass is 9.91. The summed E-state index contributed by atoms with van der Waals surface area (Å²) in [5, 5.41) is 9.50. The third-order valence-corrected chi connectivity index (χ3v) is 4.78. The molecular formula is C23H30N4O2. The van der Waals surface area contributed by atoms with Crippen LogP contribution in [-0.2, 0) is 4.79 Å². The van der Waals surface area contributed by atoms with Gasteiger partial charge in [-0.2, -0.15) is 0 Å². The SMILES string of the molecule is CCNC(=NCC1CC(=O)Nc2ccccc21)NCCOc1cc(C)cc(C)c1. The number of hydrogen-bond acceptors (Lipinski definition) is 3. The number of nitrogens with zero attached hydrogens (tertiary/aromatic N) is 1. The Bertz CT molecular complexity index is 859. The monoisotopic (exact) mass is 394 g/mol. The van der Waals surface area contributed by atoms with Gasteiger partial charge < -0.3 is 20.7 Å². The van der Waals surface area contributed by atoms with Gasteiger partial charge in [-0.25, -0.2) is 0 Å². The van der Waals surface area contributed by atoms with Crippen molar-refractivity contribution in [1.29, 1.82) is 0 Å². The van der Waals surface area contributed by atoms with Crippen LogP contribution < -0.4 is 20.7 Å². The third-order valence-electron chi connectivity index (χ3n) is 4.78. The molecule has 0 spiro atoms. The number of fused-ring (bicyclic) bond motifs is 1. The predicted octanol–water partition coefficient (Wildman–Crippen LogP) is 3.36. The van der Waals surface area contributed by atoms with E-state index in [2.05, 4.69) is 41.9 Å². The van der Waals surface area contributed by atoms with Crippen molar-refractivity contribution in [2.24, 2.45) is 4.99 Å². The van der Waals surface area contributed by atoms with E-state index in [1.165, 1.54) is 11.1 Å². The molecule has 3 rings (SSSR count). The molecule has 0 saturated carbocycles. The fraction of sp³-hybridized carbons (Fsp3) is 0.391. The van der Waals surface area contributed by atoms with Gasteiger partial charge in [-0.05, 0) is 55.7 Å². The number of aryl methyl sites for hydroxylation is 2. The van der Waals surface area contributed by atoms with E-state index in [1.54, 1.807) is 0 Å². The van der Waals surface area contributed by atoms with Crippen LogP contribution in [0.3, 0.4) is 0 Å². The van der Waals surface area contributed by atoms with Gasteiger partial charge in [-0.3, -0.25) is 9.79 Å². The maximum Gasteiger partial charge on any atom is 0.225 e. The van der Waals surface area contributed by atoms with Crippen LogP contribution in [0.4, 0.5) is 5.69 Å². The zero-order valence-electron chi connectivity index (χ0n) is 17.4. The molecule has 1 aliphatic heterocycles. The summed E-state index contributed by atoms with van der Waals surface area (Å²) in [7, 11) is 0. The fourth-order valence-corrected chi connectivity index (χ4v) is 3.56. The molecule has 1 amide bonds. The quantitative estimate of drug-likeness (QED) is 0.382. The van der Waals surface area contributed by atoms with Crippen LogP contribution in [0.15, 0.2) is 47.5 Å². The number of amides is 1. The van der Waals surface area contributed by atoms with Crippen molar-refractivity contribution in [1.82, 2.24) is 10.6 Å². The molecule has 1 unspecified atom stereocenters. The number of rotatable bonds is 7. The summed E-state index contributed by atoms with van der Waals surface area (Å²) in [5.41, 5.74) is 4.42. The molecule has 1 heterocycles. The Hall–Kier alpha value is -3.02. The highest BCUT2D eigenvalue weighted by atomic mass is 16.5. The van der Waals surface area contributed by atoms with Crippen molar-refractivity contribution in [3.05, 3.63) is 59.2 Å². The van der Waals surface area contributed by atoms with Crippen molar-refractivity contribution >= 4 is 17.6 Å². The highest BCUT2D eigenvalue weighted by molar-refractivity contribution is 5.94. The minimum Gasteiger partial charge on any atom is -0.492 e. The maximum atomic E-state index is 12.0. The lowest BCUT2D eigenvalue weighted by Gasteiger charge is -2.24. The number of nitrogens with one attached hydrogen (secondary N) is 3. The minimum absolute atomic E-state index is 0.0451. The van der Waals surface area contributed by atoms with Crippen molar-refractivity contribution in [3.8, 4) is 5.75 Å². The molecule has 6 nitrogen and oxygen atoms in total. The Morgan fingerprint density at radius 3 is 2.69 bits per heavy atom. The third kappa shape index (κ3) is 5.98. The van der Waals surface area contributed by atoms with E-state index >= 15 is 0 Å². The second-order valence-corrected chi connectivity index (χ2v) is 7.35. The second kappa shape index (κ2) is 9.96. The minimum atomic E-state index is 0.0451. The van der Waals surface area contributed by atoms with Gasteiger partial charge in [0.2, 0.25) is 5.91 Å². The molecule has 0 radical (unpaired) electrons. The molecule has 6 heteroatoms. The fourth-order valence-electron chi connectivity index (χ4n) is 3.56.